The van der Waals surface area contributed by atoms with E-state index >= 15 is 0 Å². The first kappa shape index (κ1) is 15.4. The summed E-state index contributed by atoms with van der Waals surface area (Å²) < 4.78 is 5.89. The third-order valence-corrected chi connectivity index (χ3v) is 4.49. The van der Waals surface area contributed by atoms with Crippen molar-refractivity contribution in [2.24, 2.45) is 0 Å². The van der Waals surface area contributed by atoms with Gasteiger partial charge in [0.15, 0.2) is 0 Å². The van der Waals surface area contributed by atoms with E-state index in [1.54, 1.807) is 0 Å². The second kappa shape index (κ2) is 6.31. The molecule has 0 bridgehead atoms. The van der Waals surface area contributed by atoms with Gasteiger partial charge in [0.05, 0.1) is 6.04 Å². The Balaban J connectivity index is 1.66. The van der Waals surface area contributed by atoms with Crippen LogP contribution < -0.4 is 5.32 Å². The van der Waals surface area contributed by atoms with Crippen LogP contribution in [0.5, 0.6) is 0 Å². The number of amides is 1. The Morgan fingerprint density at radius 2 is 2.32 bits per heavy atom. The average molecular weight is 321 g/mol. The second-order valence-electron chi connectivity index (χ2n) is 5.90. The molecular formula is C17H21ClN2O2. The van der Waals surface area contributed by atoms with Crippen LogP contribution in [0.1, 0.15) is 38.5 Å². The molecule has 1 aromatic heterocycles. The van der Waals surface area contributed by atoms with Gasteiger partial charge in [0.1, 0.15) is 11.3 Å². The van der Waals surface area contributed by atoms with E-state index in [9.17, 15) is 4.79 Å². The van der Waals surface area contributed by atoms with Crippen LogP contribution in [0.15, 0.2) is 28.7 Å². The fraction of sp³-hybridized carbons (Fsp3) is 0.471. The third kappa shape index (κ3) is 3.13. The minimum atomic E-state index is 0.104. The number of likely N-dealkylation sites (tertiary alicyclic amines) is 1. The summed E-state index contributed by atoms with van der Waals surface area (Å²) in [7, 11) is 0. The number of furan rings is 1. The smallest absolute Gasteiger partial charge is 0.222 e. The molecule has 1 saturated heterocycles. The van der Waals surface area contributed by atoms with Crippen molar-refractivity contribution in [3.63, 3.8) is 0 Å². The van der Waals surface area contributed by atoms with Crippen molar-refractivity contribution in [2.75, 3.05) is 13.1 Å². The molecule has 5 heteroatoms. The lowest BCUT2D eigenvalue weighted by Gasteiger charge is -2.19. The highest BCUT2D eigenvalue weighted by atomic mass is 35.5. The first-order chi connectivity index (χ1) is 10.6. The molecule has 0 saturated carbocycles. The van der Waals surface area contributed by atoms with Crippen molar-refractivity contribution in [2.45, 2.75) is 38.8 Å². The van der Waals surface area contributed by atoms with E-state index in [4.69, 9.17) is 16.0 Å². The van der Waals surface area contributed by atoms with E-state index in [1.807, 2.05) is 36.1 Å². The first-order valence-electron chi connectivity index (χ1n) is 7.79. The average Bonchev–Trinajstić information content (AvgIpc) is 3.12. The lowest BCUT2D eigenvalue weighted by molar-refractivity contribution is -0.129. The number of carbonyl (C=O) groups excluding carboxylic acids is 1. The number of nitrogens with one attached hydrogen (secondary N) is 1. The van der Waals surface area contributed by atoms with Crippen LogP contribution in [0.3, 0.4) is 0 Å². The maximum atomic E-state index is 11.7. The van der Waals surface area contributed by atoms with Gasteiger partial charge in [-0.2, -0.15) is 0 Å². The normalized spacial score (nSPS) is 19.8. The Bertz CT molecular complexity index is 682. The number of hydrogen-bond acceptors (Lipinski definition) is 3. The van der Waals surface area contributed by atoms with Gasteiger partial charge in [0.2, 0.25) is 5.91 Å². The van der Waals surface area contributed by atoms with E-state index in [2.05, 4.69) is 12.2 Å². The lowest BCUT2D eigenvalue weighted by Crippen LogP contribution is -2.36. The molecule has 1 aliphatic heterocycles. The summed E-state index contributed by atoms with van der Waals surface area (Å²) in [4.78, 5) is 13.7. The molecule has 2 heterocycles. The predicted molar refractivity (Wildman–Crippen MR) is 88.1 cm³/mol. The Morgan fingerprint density at radius 3 is 3.09 bits per heavy atom. The number of hydrogen-bond donors (Lipinski definition) is 1. The van der Waals surface area contributed by atoms with Crippen molar-refractivity contribution in [3.8, 4) is 0 Å². The highest BCUT2D eigenvalue weighted by Crippen LogP contribution is 2.27. The minimum absolute atomic E-state index is 0.104. The van der Waals surface area contributed by atoms with Crippen LogP contribution in [0.2, 0.25) is 5.02 Å². The number of benzene rings is 1. The van der Waals surface area contributed by atoms with Gasteiger partial charge in [-0.25, -0.2) is 0 Å². The van der Waals surface area contributed by atoms with Crippen molar-refractivity contribution >= 4 is 28.5 Å². The zero-order chi connectivity index (χ0) is 15.7. The predicted octanol–water partition coefficient (Wildman–Crippen LogP) is 3.75. The molecule has 3 rings (SSSR count). The molecule has 0 aliphatic carbocycles. The Labute approximate surface area is 135 Å². The first-order valence-corrected chi connectivity index (χ1v) is 8.17. The molecule has 22 heavy (non-hydrogen) atoms. The van der Waals surface area contributed by atoms with Gasteiger partial charge in [-0.3, -0.25) is 4.79 Å². The van der Waals surface area contributed by atoms with Gasteiger partial charge in [-0.15, -0.1) is 0 Å². The molecular weight excluding hydrogens is 300 g/mol. The van der Waals surface area contributed by atoms with E-state index in [1.165, 1.54) is 0 Å². The highest BCUT2D eigenvalue weighted by Gasteiger charge is 2.27. The zero-order valence-corrected chi connectivity index (χ0v) is 13.7. The summed E-state index contributed by atoms with van der Waals surface area (Å²) in [5.41, 5.74) is 0.849. The molecule has 2 aromatic rings. The maximum absolute atomic E-state index is 11.7. The van der Waals surface area contributed by atoms with E-state index < -0.39 is 0 Å². The quantitative estimate of drug-likeness (QED) is 0.933. The molecule has 4 nitrogen and oxygen atoms in total. The van der Waals surface area contributed by atoms with Gasteiger partial charge in [-0.1, -0.05) is 18.5 Å². The second-order valence-corrected chi connectivity index (χ2v) is 6.33. The van der Waals surface area contributed by atoms with Crippen LogP contribution in [-0.2, 0) is 4.79 Å². The van der Waals surface area contributed by atoms with Gasteiger partial charge in [0, 0.05) is 36.0 Å². The van der Waals surface area contributed by atoms with Crippen molar-refractivity contribution in [3.05, 3.63) is 35.0 Å². The number of nitrogens with zero attached hydrogens (tertiary/aromatic N) is 1. The molecule has 1 fully saturated rings. The summed E-state index contributed by atoms with van der Waals surface area (Å²) in [6.45, 7) is 5.62. The van der Waals surface area contributed by atoms with Gasteiger partial charge >= 0.3 is 0 Å². The van der Waals surface area contributed by atoms with E-state index in [0.29, 0.717) is 17.5 Å². The van der Waals surface area contributed by atoms with Crippen molar-refractivity contribution in [1.82, 2.24) is 10.2 Å². The Kier molecular flexibility index (Phi) is 4.41. The maximum Gasteiger partial charge on any atom is 0.222 e. The van der Waals surface area contributed by atoms with Gasteiger partial charge in [-0.05, 0) is 37.6 Å². The molecule has 1 amide bonds. The van der Waals surface area contributed by atoms with Crippen molar-refractivity contribution < 1.29 is 9.21 Å². The SMILES string of the molecule is CCC(=O)N1CC[C@@H](N[C@H](C)c2cc3cc(Cl)ccc3o2)C1. The number of halogens is 1. The summed E-state index contributed by atoms with van der Waals surface area (Å²) in [6, 6.07) is 8.09. The summed E-state index contributed by atoms with van der Waals surface area (Å²) in [5, 5.41) is 5.29. The molecule has 1 aromatic carbocycles. The zero-order valence-electron chi connectivity index (χ0n) is 12.9. The fourth-order valence-corrected chi connectivity index (χ4v) is 3.21. The number of rotatable bonds is 4. The minimum Gasteiger partial charge on any atom is -0.459 e. The Morgan fingerprint density at radius 1 is 1.50 bits per heavy atom. The molecule has 1 aliphatic rings. The van der Waals surface area contributed by atoms with Gasteiger partial charge < -0.3 is 14.6 Å². The molecule has 1 N–H and O–H groups in total. The summed E-state index contributed by atoms with van der Waals surface area (Å²) in [5.74, 6) is 1.13. The van der Waals surface area contributed by atoms with E-state index in [0.717, 1.165) is 36.2 Å². The van der Waals surface area contributed by atoms with Crippen LogP contribution in [0, 0.1) is 0 Å². The largest absolute Gasteiger partial charge is 0.459 e. The molecule has 0 radical (unpaired) electrons. The van der Waals surface area contributed by atoms with Crippen LogP contribution >= 0.6 is 11.6 Å². The lowest BCUT2D eigenvalue weighted by atomic mass is 10.2. The molecule has 0 unspecified atom stereocenters. The third-order valence-electron chi connectivity index (χ3n) is 4.25. The summed E-state index contributed by atoms with van der Waals surface area (Å²) in [6.07, 6.45) is 1.56. The van der Waals surface area contributed by atoms with E-state index in [-0.39, 0.29) is 11.9 Å². The van der Waals surface area contributed by atoms with Crippen LogP contribution in [0.25, 0.3) is 11.0 Å². The summed E-state index contributed by atoms with van der Waals surface area (Å²) >= 11 is 6.01. The van der Waals surface area contributed by atoms with Crippen LogP contribution in [-0.4, -0.2) is 29.9 Å². The number of fused-ring (bicyclic) bond motifs is 1. The molecule has 2 atom stereocenters. The standard InChI is InChI=1S/C17H21ClN2O2/c1-3-17(21)20-7-6-14(10-20)19-11(2)16-9-12-8-13(18)4-5-15(12)22-16/h4-5,8-9,11,14,19H,3,6-7,10H2,1-2H3/t11-,14-/m1/s1. The van der Waals surface area contributed by atoms with Gasteiger partial charge in [0.25, 0.3) is 0 Å². The number of carbonyl (C=O) groups is 1. The molecule has 118 valence electrons. The van der Waals surface area contributed by atoms with Crippen molar-refractivity contribution in [1.29, 1.82) is 0 Å². The van der Waals surface area contributed by atoms with Crippen LogP contribution in [0.4, 0.5) is 0 Å². The highest BCUT2D eigenvalue weighted by molar-refractivity contribution is 6.31. The topological polar surface area (TPSA) is 45.5 Å². The monoisotopic (exact) mass is 320 g/mol. The molecule has 0 spiro atoms. The fourth-order valence-electron chi connectivity index (χ4n) is 3.03. The Hall–Kier alpha value is -1.52.